The van der Waals surface area contributed by atoms with Crippen LogP contribution >= 0.6 is 0 Å². The molecule has 0 N–H and O–H groups in total. The van der Waals surface area contributed by atoms with E-state index in [2.05, 4.69) is 15.4 Å². The van der Waals surface area contributed by atoms with E-state index in [1.807, 2.05) is 0 Å². The van der Waals surface area contributed by atoms with Crippen molar-refractivity contribution < 1.29 is 49.0 Å². The lowest BCUT2D eigenvalue weighted by Gasteiger charge is -2.25. The molecule has 0 aliphatic carbocycles. The van der Waals surface area contributed by atoms with E-state index in [0.717, 1.165) is 21.8 Å². The first-order valence-corrected chi connectivity index (χ1v) is 12.5. The van der Waals surface area contributed by atoms with Crippen molar-refractivity contribution in [3.05, 3.63) is 82.4 Å². The van der Waals surface area contributed by atoms with E-state index in [1.54, 1.807) is 18.2 Å². The molecule has 0 unspecified atom stereocenters. The zero-order valence-corrected chi connectivity index (χ0v) is 22.0. The molecule has 228 valence electrons. The van der Waals surface area contributed by atoms with Gasteiger partial charge in [0.05, 0.1) is 23.7 Å². The Labute approximate surface area is 237 Å². The van der Waals surface area contributed by atoms with Crippen LogP contribution in [0.3, 0.4) is 0 Å². The fourth-order valence-electron chi connectivity index (χ4n) is 4.53. The number of benzene rings is 3. The average Bonchev–Trinajstić information content (AvgIpc) is 3.37. The van der Waals surface area contributed by atoms with Gasteiger partial charge in [-0.25, -0.2) is 0 Å². The van der Waals surface area contributed by atoms with Crippen molar-refractivity contribution in [2.24, 2.45) is 7.05 Å². The molecule has 3 aromatic carbocycles. The Morgan fingerprint density at radius 1 is 0.721 bits per heavy atom. The fraction of sp³-hybridized carbons (Fsp3) is 0.296. The normalized spacial score (nSPS) is 13.7. The summed E-state index contributed by atoms with van der Waals surface area (Å²) in [7, 11) is 1.37. The zero-order chi connectivity index (χ0) is 31.2. The molecule has 0 bridgehead atoms. The fourth-order valence-corrected chi connectivity index (χ4v) is 4.53. The first-order valence-electron chi connectivity index (χ1n) is 12.5. The highest BCUT2D eigenvalue weighted by Gasteiger charge is 2.37. The monoisotopic (exact) mass is 617 g/mol. The SMILES string of the molecule is Cn1nnc(N(Cc2cc(C(F)(F)F)cc(C(F)(F)F)c2)Cc2cc(C(F)(F)F)ccc2-c2ccc3c(c2)OCCO3)n1. The van der Waals surface area contributed by atoms with Crippen molar-refractivity contribution in [1.29, 1.82) is 0 Å². The minimum Gasteiger partial charge on any atom is -0.486 e. The maximum absolute atomic E-state index is 13.7. The van der Waals surface area contributed by atoms with Crippen LogP contribution in [0.4, 0.5) is 45.5 Å². The molecule has 5 rings (SSSR count). The van der Waals surface area contributed by atoms with Crippen LogP contribution in [-0.4, -0.2) is 33.4 Å². The summed E-state index contributed by atoms with van der Waals surface area (Å²) in [5.41, 5.74) is -3.78. The van der Waals surface area contributed by atoms with Gasteiger partial charge in [-0.1, -0.05) is 17.2 Å². The molecular formula is C27H20F9N5O2. The lowest BCUT2D eigenvalue weighted by atomic mass is 9.96. The predicted octanol–water partition coefficient (Wildman–Crippen LogP) is 6.91. The Morgan fingerprint density at radius 2 is 1.35 bits per heavy atom. The standard InChI is InChI=1S/C27H20F9N5O2/c1-40-38-24(37-39-40)41(13-15-8-19(26(31,32)33)12-20(9-15)27(34,35)36)14-17-10-18(25(28,29)30)3-4-21(17)16-2-5-22-23(11-16)43-7-6-42-22/h2-5,8-12H,6-7,13-14H2,1H3. The largest absolute Gasteiger partial charge is 0.486 e. The van der Waals surface area contributed by atoms with Crippen LogP contribution in [0.2, 0.25) is 0 Å². The number of hydrogen-bond acceptors (Lipinski definition) is 6. The number of aromatic nitrogens is 4. The molecule has 0 spiro atoms. The number of nitrogens with zero attached hydrogens (tertiary/aromatic N) is 5. The Bertz CT molecular complexity index is 1600. The number of aryl methyl sites for hydroxylation is 1. The summed E-state index contributed by atoms with van der Waals surface area (Å²) >= 11 is 0. The molecule has 0 amide bonds. The molecule has 1 aromatic heterocycles. The highest BCUT2D eigenvalue weighted by atomic mass is 19.4. The van der Waals surface area contributed by atoms with Gasteiger partial charge < -0.3 is 14.4 Å². The number of ether oxygens (including phenoxy) is 2. The van der Waals surface area contributed by atoms with Gasteiger partial charge in [0.2, 0.25) is 0 Å². The third-order valence-corrected chi connectivity index (χ3v) is 6.45. The van der Waals surface area contributed by atoms with Gasteiger partial charge in [0, 0.05) is 13.1 Å². The van der Waals surface area contributed by atoms with Gasteiger partial charge in [0.25, 0.3) is 5.95 Å². The molecule has 0 fully saturated rings. The van der Waals surface area contributed by atoms with E-state index in [4.69, 9.17) is 9.47 Å². The number of hydrogen-bond donors (Lipinski definition) is 0. The van der Waals surface area contributed by atoms with Gasteiger partial charge >= 0.3 is 18.5 Å². The van der Waals surface area contributed by atoms with Crippen molar-refractivity contribution in [2.75, 3.05) is 18.1 Å². The third-order valence-electron chi connectivity index (χ3n) is 6.45. The summed E-state index contributed by atoms with van der Waals surface area (Å²) in [4.78, 5) is 2.13. The summed E-state index contributed by atoms with van der Waals surface area (Å²) in [6.07, 6.45) is -14.9. The minimum atomic E-state index is -5.10. The Morgan fingerprint density at radius 3 is 1.93 bits per heavy atom. The molecule has 1 aliphatic heterocycles. The molecule has 0 atom stereocenters. The van der Waals surface area contributed by atoms with Crippen LogP contribution in [0.1, 0.15) is 27.8 Å². The molecule has 0 saturated heterocycles. The minimum absolute atomic E-state index is 0.0127. The zero-order valence-electron chi connectivity index (χ0n) is 22.0. The van der Waals surface area contributed by atoms with Crippen molar-refractivity contribution in [3.8, 4) is 22.6 Å². The number of halogens is 9. The number of anilines is 1. The molecule has 43 heavy (non-hydrogen) atoms. The van der Waals surface area contributed by atoms with Crippen LogP contribution in [0.5, 0.6) is 11.5 Å². The van der Waals surface area contributed by atoms with Crippen molar-refractivity contribution in [3.63, 3.8) is 0 Å². The van der Waals surface area contributed by atoms with Gasteiger partial charge in [0.1, 0.15) is 13.2 Å². The van der Waals surface area contributed by atoms with Crippen LogP contribution < -0.4 is 14.4 Å². The van der Waals surface area contributed by atoms with Gasteiger partial charge in [-0.3, -0.25) is 0 Å². The first-order chi connectivity index (χ1) is 20.1. The molecule has 0 saturated carbocycles. The topological polar surface area (TPSA) is 65.3 Å². The summed E-state index contributed by atoms with van der Waals surface area (Å²) in [6.45, 7) is -0.518. The lowest BCUT2D eigenvalue weighted by Crippen LogP contribution is -2.25. The van der Waals surface area contributed by atoms with E-state index >= 15 is 0 Å². The maximum Gasteiger partial charge on any atom is 0.416 e. The Hall–Kier alpha value is -4.50. The molecule has 16 heteroatoms. The van der Waals surface area contributed by atoms with Crippen LogP contribution in [0.15, 0.2) is 54.6 Å². The summed E-state index contributed by atoms with van der Waals surface area (Å²) in [5, 5.41) is 11.5. The second kappa shape index (κ2) is 11.0. The third kappa shape index (κ3) is 6.78. The van der Waals surface area contributed by atoms with Crippen molar-refractivity contribution in [2.45, 2.75) is 31.6 Å². The van der Waals surface area contributed by atoms with Gasteiger partial charge in [0.15, 0.2) is 11.5 Å². The molecule has 4 aromatic rings. The number of tetrazole rings is 1. The molecular weight excluding hydrogens is 597 g/mol. The summed E-state index contributed by atoms with van der Waals surface area (Å²) in [6, 6.07) is 8.72. The van der Waals surface area contributed by atoms with Crippen LogP contribution in [0.25, 0.3) is 11.1 Å². The Kier molecular flexibility index (Phi) is 7.64. The molecule has 2 heterocycles. The quantitative estimate of drug-likeness (QED) is 0.219. The number of rotatable bonds is 6. The van der Waals surface area contributed by atoms with Gasteiger partial charge in [-0.15, -0.1) is 5.10 Å². The molecule has 0 radical (unpaired) electrons. The summed E-state index contributed by atoms with van der Waals surface area (Å²) in [5.74, 6) is 0.545. The maximum atomic E-state index is 13.7. The van der Waals surface area contributed by atoms with E-state index in [1.165, 1.54) is 13.1 Å². The van der Waals surface area contributed by atoms with E-state index in [-0.39, 0.29) is 24.2 Å². The Balaban J connectivity index is 1.61. The highest BCUT2D eigenvalue weighted by molar-refractivity contribution is 5.71. The average molecular weight is 617 g/mol. The van der Waals surface area contributed by atoms with Crippen molar-refractivity contribution in [1.82, 2.24) is 20.2 Å². The second-order valence-corrected chi connectivity index (χ2v) is 9.58. The lowest BCUT2D eigenvalue weighted by molar-refractivity contribution is -0.143. The predicted molar refractivity (Wildman–Crippen MR) is 133 cm³/mol. The van der Waals surface area contributed by atoms with Crippen LogP contribution in [0, 0.1) is 0 Å². The van der Waals surface area contributed by atoms with E-state index < -0.39 is 53.9 Å². The van der Waals surface area contributed by atoms with E-state index in [0.29, 0.717) is 41.4 Å². The summed E-state index contributed by atoms with van der Waals surface area (Å²) < 4.78 is 133. The molecule has 7 nitrogen and oxygen atoms in total. The van der Waals surface area contributed by atoms with E-state index in [9.17, 15) is 39.5 Å². The highest BCUT2D eigenvalue weighted by Crippen LogP contribution is 2.40. The van der Waals surface area contributed by atoms with Gasteiger partial charge in [-0.2, -0.15) is 44.3 Å². The van der Waals surface area contributed by atoms with Crippen molar-refractivity contribution >= 4 is 5.95 Å². The first kappa shape index (κ1) is 30.0. The smallest absolute Gasteiger partial charge is 0.416 e. The second-order valence-electron chi connectivity index (χ2n) is 9.58. The molecule has 1 aliphatic rings. The van der Waals surface area contributed by atoms with Crippen LogP contribution in [-0.2, 0) is 38.7 Å². The number of fused-ring (bicyclic) bond motifs is 1. The van der Waals surface area contributed by atoms with Gasteiger partial charge in [-0.05, 0) is 69.9 Å². The number of alkyl halides is 9.